The molecule has 6 aromatic rings. The highest BCUT2D eigenvalue weighted by atomic mass is 79.9. The van der Waals surface area contributed by atoms with Crippen LogP contribution in [0.5, 0.6) is 0 Å². The number of carbonyl (C=O) groups is 4. The Morgan fingerprint density at radius 3 is 1.41 bits per heavy atom. The Morgan fingerprint density at radius 1 is 0.570 bits per heavy atom. The average Bonchev–Trinajstić information content (AvgIpc) is 1.88. The predicted octanol–water partition coefficient (Wildman–Crippen LogP) is 10.6. The highest BCUT2D eigenvalue weighted by Crippen LogP contribution is 2.36. The smallest absolute Gasteiger partial charge is 0.444 e. The topological polar surface area (TPSA) is 260 Å². The number of aryl methyl sites for hydroxylation is 2. The molecule has 1 fully saturated rings. The number of Topliss-reactive ketones (excluding diaryl/α,β-unsaturated/α-hetero) is 2. The first-order valence-electron chi connectivity index (χ1n) is 28.9. The number of carbonyl (C=O) groups excluding carboxylic acids is 4. The minimum Gasteiger partial charge on any atom is -0.444 e. The summed E-state index contributed by atoms with van der Waals surface area (Å²) in [6.07, 6.45) is 14.3. The third-order valence-electron chi connectivity index (χ3n) is 13.7. The number of nitrogens with zero attached hydrogens (tertiary/aromatic N) is 8. The van der Waals surface area contributed by atoms with E-state index in [1.54, 1.807) is 67.1 Å². The lowest BCUT2D eigenvalue weighted by Gasteiger charge is -2.32. The Hall–Kier alpha value is -7.24. The molecule has 1 aliphatic rings. The molecule has 0 unspecified atom stereocenters. The molecule has 0 bridgehead atoms. The summed E-state index contributed by atoms with van der Waals surface area (Å²) >= 11 is 3.16. The van der Waals surface area contributed by atoms with Crippen LogP contribution in [0.15, 0.2) is 115 Å². The van der Waals surface area contributed by atoms with Crippen molar-refractivity contribution >= 4 is 63.9 Å². The van der Waals surface area contributed by atoms with Crippen LogP contribution in [0.4, 0.5) is 21.2 Å². The summed E-state index contributed by atoms with van der Waals surface area (Å²) in [5, 5.41) is 0. The summed E-state index contributed by atoms with van der Waals surface area (Å²) in [6, 6.07) is 23.5. The van der Waals surface area contributed by atoms with E-state index in [-0.39, 0.29) is 77.9 Å². The lowest BCUT2D eigenvalue weighted by atomic mass is 9.78. The fourth-order valence-corrected chi connectivity index (χ4v) is 8.80. The third-order valence-corrected chi connectivity index (χ3v) is 14.1. The minimum absolute atomic E-state index is 0.110. The molecular formula is C64H86BBrN10O10. The van der Waals surface area contributed by atoms with E-state index in [1.165, 1.54) is 11.8 Å². The Morgan fingerprint density at radius 2 is 0.988 bits per heavy atom. The van der Waals surface area contributed by atoms with Gasteiger partial charge in [0.15, 0.2) is 23.2 Å². The molecule has 4 aromatic heterocycles. The van der Waals surface area contributed by atoms with Gasteiger partial charge in [-0.1, -0.05) is 60.7 Å². The number of methoxy groups -OCH3 is 2. The van der Waals surface area contributed by atoms with Crippen molar-refractivity contribution in [1.29, 1.82) is 0 Å². The number of pyridine rings is 2. The van der Waals surface area contributed by atoms with Gasteiger partial charge in [0.2, 0.25) is 0 Å². The van der Waals surface area contributed by atoms with Crippen LogP contribution in [0.3, 0.4) is 0 Å². The number of nitrogens with two attached hydrogens (primary N) is 2. The maximum Gasteiger partial charge on any atom is 0.494 e. The highest BCUT2D eigenvalue weighted by molar-refractivity contribution is 9.10. The van der Waals surface area contributed by atoms with Gasteiger partial charge in [-0.15, -0.1) is 0 Å². The van der Waals surface area contributed by atoms with E-state index in [2.05, 4.69) is 97.8 Å². The summed E-state index contributed by atoms with van der Waals surface area (Å²) in [5.41, 5.74) is 16.6. The van der Waals surface area contributed by atoms with Gasteiger partial charge in [0.1, 0.15) is 27.2 Å². The first-order chi connectivity index (χ1) is 40.7. The average molecular weight is 1250 g/mol. The number of nitrogen functional groups attached to an aromatic ring is 2. The second-order valence-corrected chi connectivity index (χ2v) is 24.5. The number of benzene rings is 2. The van der Waals surface area contributed by atoms with Crippen LogP contribution >= 0.6 is 15.9 Å². The van der Waals surface area contributed by atoms with Gasteiger partial charge in [-0.3, -0.25) is 19.6 Å². The molecule has 20 nitrogen and oxygen atoms in total. The van der Waals surface area contributed by atoms with Crippen LogP contribution in [0.1, 0.15) is 138 Å². The van der Waals surface area contributed by atoms with Crippen LogP contribution in [-0.2, 0) is 53.9 Å². The van der Waals surface area contributed by atoms with Crippen molar-refractivity contribution in [3.63, 3.8) is 0 Å². The quantitative estimate of drug-likeness (QED) is 0.0324. The molecule has 1 aliphatic heterocycles. The van der Waals surface area contributed by atoms with E-state index in [0.29, 0.717) is 49.7 Å². The van der Waals surface area contributed by atoms with Crippen molar-refractivity contribution in [2.45, 2.75) is 143 Å². The first-order valence-corrected chi connectivity index (χ1v) is 29.7. The fraction of sp³-hybridized carbons (Fsp3) is 0.469. The van der Waals surface area contributed by atoms with E-state index in [1.807, 2.05) is 77.9 Å². The minimum atomic E-state index is -0.541. The summed E-state index contributed by atoms with van der Waals surface area (Å²) in [7, 11) is 2.98. The van der Waals surface area contributed by atoms with Crippen molar-refractivity contribution in [1.82, 2.24) is 39.7 Å². The van der Waals surface area contributed by atoms with Gasteiger partial charge in [0.05, 0.1) is 29.3 Å². The van der Waals surface area contributed by atoms with Crippen LogP contribution in [0.2, 0.25) is 0 Å². The largest absolute Gasteiger partial charge is 0.494 e. The van der Waals surface area contributed by atoms with Gasteiger partial charge < -0.3 is 49.5 Å². The van der Waals surface area contributed by atoms with Crippen molar-refractivity contribution in [3.05, 3.63) is 148 Å². The lowest BCUT2D eigenvalue weighted by molar-refractivity contribution is 0.00578. The Kier molecular flexibility index (Phi) is 26.7. The summed E-state index contributed by atoms with van der Waals surface area (Å²) in [4.78, 5) is 78.0. The fourth-order valence-electron chi connectivity index (χ4n) is 8.52. The zero-order valence-corrected chi connectivity index (χ0v) is 53.6. The normalized spacial score (nSPS) is 13.3. The molecule has 0 atom stereocenters. The number of ether oxygens (including phenoxy) is 4. The number of anilines is 2. The maximum atomic E-state index is 12.8. The van der Waals surface area contributed by atoms with Gasteiger partial charge in [0, 0.05) is 96.8 Å². The van der Waals surface area contributed by atoms with Crippen molar-refractivity contribution < 1.29 is 47.4 Å². The number of rotatable bonds is 24. The molecule has 22 heteroatoms. The lowest BCUT2D eigenvalue weighted by Crippen LogP contribution is -2.41. The standard InChI is InChI=1S/C29H37N5O4.C24H40BNO5.C11H9BrN4O/c1-29(2,3)38-28(36)34(16-7-17-37-4)15-6-9-21-10-12-23(13-11-21)24-20-32-27(30)26(33-24)25(35)18-22-8-5-14-31-19-22;1-22(2,3)29-21(27)26(17-10-18-28-8)16-9-11-19-12-14-20(15-13-19)25-30-23(4,5)24(6,7)31-25;12-9-6-15-11(13)10(16-9)8(17)4-7-2-1-3-14-5-7/h5,8,10-14,19-20H,6-7,9,15-18H2,1-4H3,(H2,30,32);12-15H,9-11,16-18H2,1-8H3;1-3,5-6H,4H2,(H2,13,15). The maximum absolute atomic E-state index is 12.8. The highest BCUT2D eigenvalue weighted by Gasteiger charge is 2.51. The molecule has 5 heterocycles. The van der Waals surface area contributed by atoms with Gasteiger partial charge in [-0.05, 0) is 164 Å². The van der Waals surface area contributed by atoms with E-state index in [9.17, 15) is 19.2 Å². The van der Waals surface area contributed by atoms with E-state index in [0.717, 1.165) is 66.2 Å². The zero-order chi connectivity index (χ0) is 63.1. The molecule has 0 spiro atoms. The number of aromatic nitrogens is 6. The van der Waals surface area contributed by atoms with Crippen LogP contribution in [0, 0.1) is 0 Å². The number of hydrogen-bond donors (Lipinski definition) is 2. The molecule has 2 aromatic carbocycles. The van der Waals surface area contributed by atoms with E-state index < -0.39 is 11.2 Å². The van der Waals surface area contributed by atoms with Gasteiger partial charge in [0.25, 0.3) is 0 Å². The number of halogens is 1. The third kappa shape index (κ3) is 23.2. The molecular weight excluding hydrogens is 1160 g/mol. The van der Waals surface area contributed by atoms with E-state index >= 15 is 0 Å². The Balaban J connectivity index is 0.000000251. The van der Waals surface area contributed by atoms with Crippen molar-refractivity contribution in [2.75, 3.05) is 65.1 Å². The molecule has 0 aliphatic carbocycles. The molecule has 2 amide bonds. The molecule has 4 N–H and O–H groups in total. The van der Waals surface area contributed by atoms with Gasteiger partial charge in [-0.2, -0.15) is 0 Å². The van der Waals surface area contributed by atoms with Crippen LogP contribution in [0.25, 0.3) is 11.3 Å². The molecule has 7 rings (SSSR count). The summed E-state index contributed by atoms with van der Waals surface area (Å²) in [6.45, 7) is 23.2. The van der Waals surface area contributed by atoms with Crippen LogP contribution < -0.4 is 16.9 Å². The Labute approximate surface area is 516 Å². The van der Waals surface area contributed by atoms with Gasteiger partial charge >= 0.3 is 19.3 Å². The van der Waals surface area contributed by atoms with Crippen molar-refractivity contribution in [3.8, 4) is 11.3 Å². The number of amides is 2. The SMILES string of the molecule is COCCCN(CCCc1ccc(-c2cnc(N)c(C(=O)Cc3cccnc3)n2)cc1)C(=O)OC(C)(C)C.COCCCN(CCCc1ccc(B2OC(C)(C)C(C)(C)O2)cc1)C(=O)OC(C)(C)C.Nc1ncc(Br)nc1C(=O)Cc1cccnc1. The predicted molar refractivity (Wildman–Crippen MR) is 338 cm³/mol. The molecule has 86 heavy (non-hydrogen) atoms. The molecule has 462 valence electrons. The van der Waals surface area contributed by atoms with Crippen LogP contribution in [-0.4, -0.2) is 147 Å². The van der Waals surface area contributed by atoms with Crippen molar-refractivity contribution in [2.24, 2.45) is 0 Å². The number of ketones is 2. The molecule has 0 radical (unpaired) electrons. The second kappa shape index (κ2) is 33.0. The first kappa shape index (κ1) is 69.5. The zero-order valence-electron chi connectivity index (χ0n) is 52.1. The summed E-state index contributed by atoms with van der Waals surface area (Å²) in [5.74, 6) is -0.132. The molecule has 0 saturated carbocycles. The van der Waals surface area contributed by atoms with Gasteiger partial charge in [-0.25, -0.2) is 29.5 Å². The monoisotopic (exact) mass is 1240 g/mol. The second-order valence-electron chi connectivity index (χ2n) is 23.7. The summed E-state index contributed by atoms with van der Waals surface area (Å²) < 4.78 is 34.1. The van der Waals surface area contributed by atoms with E-state index in [4.69, 9.17) is 39.7 Å². The number of hydrogen-bond acceptors (Lipinski definition) is 18. The molecule has 1 saturated heterocycles. The Bertz CT molecular complexity index is 3080.